The third kappa shape index (κ3) is 9.16. The van der Waals surface area contributed by atoms with Crippen LogP contribution in [0.2, 0.25) is 0 Å². The quantitative estimate of drug-likeness (QED) is 0.166. The molecule has 0 spiro atoms. The van der Waals surface area contributed by atoms with Crippen LogP contribution < -0.4 is 10.0 Å². The molecular formula is C23H27N3O10S. The lowest BCUT2D eigenvalue weighted by atomic mass is 10.1. The van der Waals surface area contributed by atoms with Gasteiger partial charge in [0.25, 0.3) is 5.69 Å². The number of ether oxygens (including phenoxy) is 3. The number of esters is 2. The first-order valence-electron chi connectivity index (χ1n) is 11.0. The van der Waals surface area contributed by atoms with E-state index in [-0.39, 0.29) is 36.5 Å². The highest BCUT2D eigenvalue weighted by Crippen LogP contribution is 2.17. The standard InChI is InChI=1S/C23H27N3O10S/c1-34-21(27)19(24-23(29)36-15-16-7-4-3-5-8-16)9-6-10-20(22(28)35-2)25-37(32,33)18-13-11-17(12-14-18)26(30)31/h3-5,7-8,11-14,19-20,25H,6,9-10,15H2,1-2H3,(H,24,29). The average molecular weight is 538 g/mol. The van der Waals surface area contributed by atoms with E-state index in [9.17, 15) is 32.9 Å². The number of sulfonamides is 1. The second-order valence-corrected chi connectivity index (χ2v) is 9.37. The number of nitro groups is 1. The summed E-state index contributed by atoms with van der Waals surface area (Å²) in [5.41, 5.74) is 0.445. The van der Waals surface area contributed by atoms with Crippen molar-refractivity contribution >= 4 is 33.7 Å². The summed E-state index contributed by atoms with van der Waals surface area (Å²) < 4.78 is 42.1. The first-order chi connectivity index (χ1) is 17.6. The number of methoxy groups -OCH3 is 2. The maximum absolute atomic E-state index is 12.7. The van der Waals surface area contributed by atoms with Gasteiger partial charge in [0, 0.05) is 12.1 Å². The van der Waals surface area contributed by atoms with E-state index in [2.05, 4.69) is 14.8 Å². The number of rotatable bonds is 13. The third-order valence-corrected chi connectivity index (χ3v) is 6.60. The van der Waals surface area contributed by atoms with Crippen molar-refractivity contribution in [2.24, 2.45) is 0 Å². The summed E-state index contributed by atoms with van der Waals surface area (Å²) in [5.74, 6) is -1.63. The average Bonchev–Trinajstić information content (AvgIpc) is 2.90. The summed E-state index contributed by atoms with van der Waals surface area (Å²) in [6, 6.07) is 10.6. The number of alkyl carbamates (subject to hydrolysis) is 1. The fourth-order valence-electron chi connectivity index (χ4n) is 3.19. The van der Waals surface area contributed by atoms with Gasteiger partial charge in [-0.25, -0.2) is 18.0 Å². The van der Waals surface area contributed by atoms with Crippen LogP contribution in [0.15, 0.2) is 59.5 Å². The number of amides is 1. The van der Waals surface area contributed by atoms with Crippen molar-refractivity contribution in [3.8, 4) is 0 Å². The van der Waals surface area contributed by atoms with Gasteiger partial charge in [-0.3, -0.25) is 14.9 Å². The van der Waals surface area contributed by atoms with Crippen molar-refractivity contribution in [2.75, 3.05) is 14.2 Å². The molecule has 0 aromatic heterocycles. The Morgan fingerprint density at radius 3 is 2.05 bits per heavy atom. The number of nitrogens with zero attached hydrogens (tertiary/aromatic N) is 1. The lowest BCUT2D eigenvalue weighted by Crippen LogP contribution is -2.43. The van der Waals surface area contributed by atoms with Gasteiger partial charge < -0.3 is 19.5 Å². The molecule has 0 saturated heterocycles. The van der Waals surface area contributed by atoms with Crippen LogP contribution in [-0.4, -0.2) is 57.7 Å². The maximum Gasteiger partial charge on any atom is 0.408 e. The molecule has 0 aliphatic rings. The first-order valence-corrected chi connectivity index (χ1v) is 12.5. The summed E-state index contributed by atoms with van der Waals surface area (Å²) in [6.07, 6.45) is -0.850. The Morgan fingerprint density at radius 2 is 1.49 bits per heavy atom. The van der Waals surface area contributed by atoms with Gasteiger partial charge in [0.05, 0.1) is 24.0 Å². The monoisotopic (exact) mass is 537 g/mol. The van der Waals surface area contributed by atoms with Gasteiger partial charge in [0.1, 0.15) is 18.7 Å². The second-order valence-electron chi connectivity index (χ2n) is 7.66. The number of hydrogen-bond acceptors (Lipinski definition) is 10. The molecule has 13 nitrogen and oxygen atoms in total. The fourth-order valence-corrected chi connectivity index (χ4v) is 4.41. The molecule has 0 fully saturated rings. The minimum absolute atomic E-state index is 0.000135. The summed E-state index contributed by atoms with van der Waals surface area (Å²) in [4.78, 5) is 46.3. The molecule has 14 heteroatoms. The summed E-state index contributed by atoms with van der Waals surface area (Å²) >= 11 is 0. The molecule has 0 saturated carbocycles. The van der Waals surface area contributed by atoms with Crippen molar-refractivity contribution in [3.63, 3.8) is 0 Å². The van der Waals surface area contributed by atoms with E-state index in [0.717, 1.165) is 44.0 Å². The predicted molar refractivity (Wildman–Crippen MR) is 129 cm³/mol. The lowest BCUT2D eigenvalue weighted by molar-refractivity contribution is -0.384. The Bertz CT molecular complexity index is 1190. The molecule has 2 atom stereocenters. The van der Waals surface area contributed by atoms with E-state index in [1.807, 2.05) is 6.07 Å². The van der Waals surface area contributed by atoms with Crippen LogP contribution in [-0.2, 0) is 40.4 Å². The van der Waals surface area contributed by atoms with Crippen molar-refractivity contribution < 1.29 is 41.9 Å². The van der Waals surface area contributed by atoms with Gasteiger partial charge in [-0.05, 0) is 37.0 Å². The molecule has 2 unspecified atom stereocenters. The third-order valence-electron chi connectivity index (χ3n) is 5.12. The van der Waals surface area contributed by atoms with E-state index >= 15 is 0 Å². The largest absolute Gasteiger partial charge is 0.468 e. The number of hydrogen-bond donors (Lipinski definition) is 2. The highest BCUT2D eigenvalue weighted by molar-refractivity contribution is 7.89. The summed E-state index contributed by atoms with van der Waals surface area (Å²) in [5, 5.41) is 13.2. The Labute approximate surface area is 213 Å². The number of benzene rings is 2. The van der Waals surface area contributed by atoms with Crippen molar-refractivity contribution in [1.29, 1.82) is 0 Å². The molecule has 0 radical (unpaired) electrons. The summed E-state index contributed by atoms with van der Waals surface area (Å²) in [6.45, 7) is -0.0184. The topological polar surface area (TPSA) is 180 Å². The van der Waals surface area contributed by atoms with Gasteiger partial charge >= 0.3 is 18.0 Å². The van der Waals surface area contributed by atoms with Crippen LogP contribution in [0.5, 0.6) is 0 Å². The van der Waals surface area contributed by atoms with Gasteiger partial charge in [0.2, 0.25) is 10.0 Å². The Hall–Kier alpha value is -4.04. The first kappa shape index (κ1) is 29.2. The van der Waals surface area contributed by atoms with Crippen LogP contribution in [0.25, 0.3) is 0 Å². The number of nitrogens with one attached hydrogen (secondary N) is 2. The molecule has 1 amide bonds. The molecule has 2 rings (SSSR count). The maximum atomic E-state index is 12.7. The number of nitro benzene ring substituents is 1. The molecule has 2 aromatic rings. The molecule has 200 valence electrons. The molecule has 0 aliphatic carbocycles. The fraction of sp³-hybridized carbons (Fsp3) is 0.348. The van der Waals surface area contributed by atoms with E-state index in [0.29, 0.717) is 0 Å². The van der Waals surface area contributed by atoms with Gasteiger partial charge in [0.15, 0.2) is 0 Å². The SMILES string of the molecule is COC(=O)C(CCCC(NS(=O)(=O)c1ccc([N+](=O)[O-])cc1)C(=O)OC)NC(=O)OCc1ccccc1. The van der Waals surface area contributed by atoms with Gasteiger partial charge in [-0.1, -0.05) is 30.3 Å². The van der Waals surface area contributed by atoms with Gasteiger partial charge in [-0.15, -0.1) is 0 Å². The van der Waals surface area contributed by atoms with Crippen LogP contribution in [0.1, 0.15) is 24.8 Å². The number of carbonyl (C=O) groups excluding carboxylic acids is 3. The molecule has 37 heavy (non-hydrogen) atoms. The Morgan fingerprint density at radius 1 is 0.919 bits per heavy atom. The highest BCUT2D eigenvalue weighted by atomic mass is 32.2. The summed E-state index contributed by atoms with van der Waals surface area (Å²) in [7, 11) is -2.02. The zero-order chi connectivity index (χ0) is 27.4. The van der Waals surface area contributed by atoms with E-state index in [4.69, 9.17) is 9.47 Å². The van der Waals surface area contributed by atoms with E-state index in [1.165, 1.54) is 0 Å². The zero-order valence-electron chi connectivity index (χ0n) is 20.1. The lowest BCUT2D eigenvalue weighted by Gasteiger charge is -2.19. The molecule has 2 N–H and O–H groups in total. The minimum Gasteiger partial charge on any atom is -0.468 e. The van der Waals surface area contributed by atoms with Gasteiger partial charge in [-0.2, -0.15) is 4.72 Å². The van der Waals surface area contributed by atoms with Crippen LogP contribution in [0.4, 0.5) is 10.5 Å². The molecule has 2 aromatic carbocycles. The van der Waals surface area contributed by atoms with Crippen molar-refractivity contribution in [3.05, 3.63) is 70.3 Å². The number of non-ortho nitro benzene ring substituents is 1. The Kier molecular flexibility index (Phi) is 11.0. The zero-order valence-corrected chi connectivity index (χ0v) is 20.9. The van der Waals surface area contributed by atoms with Crippen molar-refractivity contribution in [1.82, 2.24) is 10.0 Å². The van der Waals surface area contributed by atoms with Crippen molar-refractivity contribution in [2.45, 2.75) is 42.8 Å². The van der Waals surface area contributed by atoms with Crippen LogP contribution in [0, 0.1) is 10.1 Å². The van der Waals surface area contributed by atoms with E-state index in [1.54, 1.807) is 24.3 Å². The molecule has 0 heterocycles. The normalized spacial score (nSPS) is 12.6. The minimum atomic E-state index is -4.24. The van der Waals surface area contributed by atoms with Crippen LogP contribution in [0.3, 0.4) is 0 Å². The molecule has 0 bridgehead atoms. The highest BCUT2D eigenvalue weighted by Gasteiger charge is 2.28. The predicted octanol–water partition coefficient (Wildman–Crippen LogP) is 2.05. The second kappa shape index (κ2) is 13.9. The number of carbonyl (C=O) groups is 3. The van der Waals surface area contributed by atoms with E-state index < -0.39 is 45.1 Å². The molecular weight excluding hydrogens is 510 g/mol. The van der Waals surface area contributed by atoms with Crippen LogP contribution >= 0.6 is 0 Å². The Balaban J connectivity index is 2.00. The molecule has 0 aliphatic heterocycles. The smallest absolute Gasteiger partial charge is 0.408 e.